The SMILES string of the molecule is NCCCC[C@H](NC(=O)OCC1c2ccccc2-c2ccccc21)C(=O)N[C@@H](Cc1c[nH]c2ccccc12)C(=O)N[C@@H](Cc1c[nH]c2ccccc12)C(=O)N[C@@H](CCCCN)C(=O)N[C@@H](CCCCN)C(=O)N[C@@H](Cc1c[nH]c2ccccc12)C(=O)N[C@@H](Cc1c[nH]c2ccccc12)C(=O)O. The van der Waals surface area contributed by atoms with E-state index in [1.165, 1.54) is 0 Å². The number of rotatable bonds is 36. The summed E-state index contributed by atoms with van der Waals surface area (Å²) in [6.45, 7) is 0.838. The number of hydrogen-bond acceptors (Lipinski definition) is 12. The van der Waals surface area contributed by atoms with E-state index < -0.39 is 89.8 Å². The van der Waals surface area contributed by atoms with Crippen LogP contribution in [0.3, 0.4) is 0 Å². The summed E-state index contributed by atoms with van der Waals surface area (Å²) in [5, 5.41) is 33.7. The number of aliphatic carboxylic acids is 1. The lowest BCUT2D eigenvalue weighted by Crippen LogP contribution is -2.60. The fourth-order valence-corrected chi connectivity index (χ4v) is 13.6. The molecule has 18 N–H and O–H groups in total. The third-order valence-electron chi connectivity index (χ3n) is 19.0. The molecule has 0 unspecified atom stereocenters. The molecule has 4 heterocycles. The molecule has 6 aromatic carbocycles. The van der Waals surface area contributed by atoms with E-state index in [9.17, 15) is 29.1 Å². The number of alkyl carbamates (subject to hydrolysis) is 1. The largest absolute Gasteiger partial charge is 0.480 e. The Hall–Kier alpha value is -11.1. The summed E-state index contributed by atoms with van der Waals surface area (Å²) in [6.07, 6.45) is 8.56. The Balaban J connectivity index is 0.848. The van der Waals surface area contributed by atoms with Crippen LogP contribution < -0.4 is 54.4 Å². The molecular weight excluding hydrogens is 1280 g/mol. The van der Waals surface area contributed by atoms with Gasteiger partial charge < -0.3 is 84.2 Å². The summed E-state index contributed by atoms with van der Waals surface area (Å²) < 4.78 is 5.92. The highest BCUT2D eigenvalue weighted by Crippen LogP contribution is 2.44. The van der Waals surface area contributed by atoms with Gasteiger partial charge in [0.25, 0.3) is 0 Å². The van der Waals surface area contributed by atoms with Crippen LogP contribution in [0.4, 0.5) is 4.79 Å². The van der Waals surface area contributed by atoms with Gasteiger partial charge in [0, 0.05) is 100 Å². The minimum Gasteiger partial charge on any atom is -0.480 e. The van der Waals surface area contributed by atoms with Gasteiger partial charge in [-0.25, -0.2) is 9.59 Å². The lowest BCUT2D eigenvalue weighted by molar-refractivity contribution is -0.142. The number of amides is 7. The Bertz CT molecular complexity index is 4510. The van der Waals surface area contributed by atoms with Crippen LogP contribution in [0.15, 0.2) is 170 Å². The summed E-state index contributed by atoms with van der Waals surface area (Å²) >= 11 is 0. The first-order valence-electron chi connectivity index (χ1n) is 34.6. The topological polar surface area (TPSA) is 391 Å². The van der Waals surface area contributed by atoms with Crippen molar-refractivity contribution in [3.63, 3.8) is 0 Å². The van der Waals surface area contributed by atoms with Crippen molar-refractivity contribution in [2.45, 2.75) is 132 Å². The van der Waals surface area contributed by atoms with Gasteiger partial charge in [0.05, 0.1) is 0 Å². The van der Waals surface area contributed by atoms with Crippen LogP contribution in [-0.4, -0.2) is 141 Å². The zero-order chi connectivity index (χ0) is 70.8. The second-order valence-electron chi connectivity index (χ2n) is 25.8. The number of nitrogens with two attached hydrogens (primary N) is 3. The molecule has 1 aliphatic rings. The highest BCUT2D eigenvalue weighted by molar-refractivity contribution is 5.99. The molecule has 10 aromatic rings. The van der Waals surface area contributed by atoms with Crippen LogP contribution >= 0.6 is 0 Å². The normalized spacial score (nSPS) is 14.0. The first kappa shape index (κ1) is 71.2. The van der Waals surface area contributed by atoms with Gasteiger partial charge in [-0.05, 0) is 146 Å². The Morgan fingerprint density at radius 3 is 0.970 bits per heavy atom. The fourth-order valence-electron chi connectivity index (χ4n) is 13.6. The van der Waals surface area contributed by atoms with Crippen molar-refractivity contribution >= 4 is 91.1 Å². The highest BCUT2D eigenvalue weighted by Gasteiger charge is 2.37. The number of fused-ring (bicyclic) bond motifs is 7. The molecule has 0 bridgehead atoms. The molecule has 7 amide bonds. The summed E-state index contributed by atoms with van der Waals surface area (Å²) in [4.78, 5) is 130. The van der Waals surface area contributed by atoms with Crippen LogP contribution in [0, 0.1) is 0 Å². The van der Waals surface area contributed by atoms with E-state index in [0.717, 1.165) is 65.9 Å². The monoisotopic (exact) mass is 1370 g/mol. The second-order valence-corrected chi connectivity index (χ2v) is 25.8. The van der Waals surface area contributed by atoms with Crippen molar-refractivity contribution in [1.82, 2.24) is 57.2 Å². The molecule has 24 heteroatoms. The minimum atomic E-state index is -1.41. The number of H-pyrrole nitrogens is 4. The summed E-state index contributed by atoms with van der Waals surface area (Å²) in [6, 6.07) is 36.2. The molecule has 0 saturated carbocycles. The molecule has 0 fully saturated rings. The number of carbonyl (C=O) groups is 8. The molecular formula is C77H88N14O10. The van der Waals surface area contributed by atoms with Gasteiger partial charge in [-0.1, -0.05) is 121 Å². The van der Waals surface area contributed by atoms with Crippen LogP contribution in [0.25, 0.3) is 54.7 Å². The maximum atomic E-state index is 15.4. The van der Waals surface area contributed by atoms with Crippen molar-refractivity contribution in [2.24, 2.45) is 17.2 Å². The molecule has 0 radical (unpaired) electrons. The Morgan fingerprint density at radius 2 is 0.634 bits per heavy atom. The molecule has 0 aliphatic heterocycles. The van der Waals surface area contributed by atoms with E-state index in [1.54, 1.807) is 24.8 Å². The highest BCUT2D eigenvalue weighted by atomic mass is 16.5. The molecule has 101 heavy (non-hydrogen) atoms. The van der Waals surface area contributed by atoms with Gasteiger partial charge in [-0.3, -0.25) is 28.8 Å². The number of para-hydroxylation sites is 4. The van der Waals surface area contributed by atoms with Gasteiger partial charge >= 0.3 is 12.1 Å². The average Bonchev–Trinajstić information content (AvgIpc) is 1.62. The first-order valence-corrected chi connectivity index (χ1v) is 34.6. The zero-order valence-corrected chi connectivity index (χ0v) is 56.2. The minimum absolute atomic E-state index is 0.0111. The summed E-state index contributed by atoms with van der Waals surface area (Å²) in [5.41, 5.74) is 27.7. The second kappa shape index (κ2) is 34.1. The third-order valence-corrected chi connectivity index (χ3v) is 19.0. The molecule has 0 saturated heterocycles. The fraction of sp³-hybridized carbons (Fsp3) is 0.325. The predicted octanol–water partition coefficient (Wildman–Crippen LogP) is 7.17. The number of aromatic amines is 4. The Kier molecular flexibility index (Phi) is 24.1. The molecule has 1 aliphatic carbocycles. The zero-order valence-electron chi connectivity index (χ0n) is 56.2. The van der Waals surface area contributed by atoms with Gasteiger partial charge in [0.1, 0.15) is 48.9 Å². The molecule has 0 spiro atoms. The number of aromatic nitrogens is 4. The first-order chi connectivity index (χ1) is 49.2. The van der Waals surface area contributed by atoms with Gasteiger partial charge in [-0.15, -0.1) is 0 Å². The maximum Gasteiger partial charge on any atom is 0.407 e. The van der Waals surface area contributed by atoms with Gasteiger partial charge in [0.2, 0.25) is 35.4 Å². The number of ether oxygens (including phenoxy) is 1. The van der Waals surface area contributed by atoms with E-state index in [0.29, 0.717) is 67.3 Å². The predicted molar refractivity (Wildman–Crippen MR) is 388 cm³/mol. The van der Waals surface area contributed by atoms with Crippen LogP contribution in [0.5, 0.6) is 0 Å². The number of benzene rings is 6. The Morgan fingerprint density at radius 1 is 0.356 bits per heavy atom. The van der Waals surface area contributed by atoms with Crippen molar-refractivity contribution in [2.75, 3.05) is 26.2 Å². The van der Waals surface area contributed by atoms with Crippen molar-refractivity contribution in [3.8, 4) is 11.1 Å². The summed E-state index contributed by atoms with van der Waals surface area (Å²) in [7, 11) is 0. The molecule has 526 valence electrons. The van der Waals surface area contributed by atoms with Gasteiger partial charge in [0.15, 0.2) is 0 Å². The van der Waals surface area contributed by atoms with Gasteiger partial charge in [-0.2, -0.15) is 0 Å². The van der Waals surface area contributed by atoms with E-state index in [-0.39, 0.29) is 70.6 Å². The number of nitrogens with one attached hydrogen (secondary N) is 11. The molecule has 11 rings (SSSR count). The van der Waals surface area contributed by atoms with E-state index >= 15 is 14.4 Å². The third kappa shape index (κ3) is 17.7. The van der Waals surface area contributed by atoms with E-state index in [1.807, 2.05) is 146 Å². The average molecular weight is 1370 g/mol. The van der Waals surface area contributed by atoms with Crippen molar-refractivity contribution < 1.29 is 48.2 Å². The number of carbonyl (C=O) groups excluding carboxylic acids is 7. The Labute approximate surface area is 583 Å². The van der Waals surface area contributed by atoms with Crippen LogP contribution in [0.2, 0.25) is 0 Å². The number of hydrogen-bond donors (Lipinski definition) is 15. The lowest BCUT2D eigenvalue weighted by atomic mass is 9.98. The smallest absolute Gasteiger partial charge is 0.407 e. The quantitative estimate of drug-likeness (QED) is 0.0173. The molecule has 4 aromatic heterocycles. The van der Waals surface area contributed by atoms with Crippen molar-refractivity contribution in [1.29, 1.82) is 0 Å². The molecule has 7 atom stereocenters. The van der Waals surface area contributed by atoms with Crippen LogP contribution in [0.1, 0.15) is 97.1 Å². The number of carboxylic acid groups (broad SMARTS) is 1. The standard InChI is InChI=1S/C77H88N14O10/c78-34-16-13-31-63(70(92)85-64(32-14-17-35-79)71(93)87-68(39-48-43-83-61-29-11-7-21-52(48)61)75(97)90-69(76(98)99)40-49-44-84-62-30-12-8-22-53(49)62)86-73(95)66(37-46-41-81-59-27-9-5-19-50(46)59)89-74(96)67(38-47-42-82-60-28-10-6-20-51(47)60)88-72(94)65(33-15-18-36-80)91-77(100)101-45-58-56-25-3-1-23-54(56)55-24-2-4-26-57(55)58/h1-12,19-30,41-44,58,63-69,81-84H,13-18,31-40,45,78-80H2,(H,85,92)(H,86,95)(H,87,93)(H,88,94)(H,89,96)(H,90,97)(H,91,100)(H,98,99)/t63-,64-,65-,66-,67-,68-,69-/m0/s1. The van der Waals surface area contributed by atoms with E-state index in [2.05, 4.69) is 57.2 Å². The lowest BCUT2D eigenvalue weighted by Gasteiger charge is -2.28. The van der Waals surface area contributed by atoms with E-state index in [4.69, 9.17) is 21.9 Å². The number of carboxylic acids is 1. The molecule has 24 nitrogen and oxygen atoms in total. The maximum absolute atomic E-state index is 15.4. The number of unbranched alkanes of at least 4 members (excludes halogenated alkanes) is 3. The van der Waals surface area contributed by atoms with Crippen LogP contribution in [-0.2, 0) is 64.0 Å². The van der Waals surface area contributed by atoms with Crippen molar-refractivity contribution in [3.05, 3.63) is 204 Å². The summed E-state index contributed by atoms with van der Waals surface area (Å²) in [5.74, 6) is -6.06.